The minimum atomic E-state index is -0.471. The molecular weight excluding hydrogens is 380 g/mol. The molecule has 1 atom stereocenters. The highest BCUT2D eigenvalue weighted by atomic mass is 32.2. The van der Waals surface area contributed by atoms with Gasteiger partial charge < -0.3 is 10.6 Å². The summed E-state index contributed by atoms with van der Waals surface area (Å²) in [6.07, 6.45) is 1.74. The predicted octanol–water partition coefficient (Wildman–Crippen LogP) is 4.48. The molecule has 6 nitrogen and oxygen atoms in total. The van der Waals surface area contributed by atoms with E-state index in [1.54, 1.807) is 30.3 Å². The second-order valence-electron chi connectivity index (χ2n) is 6.95. The van der Waals surface area contributed by atoms with Crippen molar-refractivity contribution < 1.29 is 9.59 Å². The van der Waals surface area contributed by atoms with Crippen LogP contribution in [0.4, 0.5) is 10.8 Å². The van der Waals surface area contributed by atoms with Crippen molar-refractivity contribution >= 4 is 45.6 Å². The van der Waals surface area contributed by atoms with Gasteiger partial charge in [-0.3, -0.25) is 9.59 Å². The van der Waals surface area contributed by atoms with Crippen molar-refractivity contribution in [1.82, 2.24) is 10.2 Å². The van der Waals surface area contributed by atoms with Crippen LogP contribution in [0.5, 0.6) is 0 Å². The maximum Gasteiger partial charge on any atom is 0.229 e. The van der Waals surface area contributed by atoms with Gasteiger partial charge in [-0.2, -0.15) is 0 Å². The highest BCUT2D eigenvalue weighted by Crippen LogP contribution is 2.30. The number of hydrogen-bond donors (Lipinski definition) is 2. The van der Waals surface area contributed by atoms with E-state index in [1.165, 1.54) is 23.1 Å². The maximum absolute atomic E-state index is 12.6. The molecule has 0 fully saturated rings. The molecule has 2 rings (SSSR count). The number of carbonyl (C=O) groups excluding carboxylic acids is 2. The van der Waals surface area contributed by atoms with Gasteiger partial charge in [0.15, 0.2) is 10.1 Å². The molecule has 0 aliphatic heterocycles. The zero-order valence-corrected chi connectivity index (χ0v) is 17.5. The Morgan fingerprint density at radius 3 is 2.52 bits per heavy atom. The van der Waals surface area contributed by atoms with Crippen LogP contribution in [0.2, 0.25) is 0 Å². The summed E-state index contributed by atoms with van der Waals surface area (Å²) in [6, 6.07) is 6.96. The lowest BCUT2D eigenvalue weighted by Gasteiger charge is -2.17. The van der Waals surface area contributed by atoms with Crippen molar-refractivity contribution in [3.05, 3.63) is 42.5 Å². The largest absolute Gasteiger partial charge is 0.357 e. The number of nitrogens with one attached hydrogen (secondary N) is 2. The Bertz CT molecular complexity index is 810. The van der Waals surface area contributed by atoms with E-state index < -0.39 is 5.41 Å². The molecule has 27 heavy (non-hydrogen) atoms. The molecule has 2 aromatic rings. The van der Waals surface area contributed by atoms with E-state index in [4.69, 9.17) is 0 Å². The lowest BCUT2D eigenvalue weighted by Crippen LogP contribution is -2.27. The number of hydrogen-bond acceptors (Lipinski definition) is 7. The van der Waals surface area contributed by atoms with E-state index in [2.05, 4.69) is 27.4 Å². The molecule has 0 spiro atoms. The number of amides is 1. The second kappa shape index (κ2) is 9.14. The van der Waals surface area contributed by atoms with Gasteiger partial charge in [0.2, 0.25) is 11.0 Å². The van der Waals surface area contributed by atoms with Crippen molar-refractivity contribution in [2.75, 3.05) is 17.2 Å². The summed E-state index contributed by atoms with van der Waals surface area (Å²) in [7, 11) is 0. The lowest BCUT2D eigenvalue weighted by atomic mass is 9.95. The minimum Gasteiger partial charge on any atom is -0.357 e. The van der Waals surface area contributed by atoms with Gasteiger partial charge in [0, 0.05) is 23.2 Å². The molecule has 144 valence electrons. The number of aromatic nitrogens is 2. The van der Waals surface area contributed by atoms with Crippen LogP contribution in [0, 0.1) is 5.41 Å². The average Bonchev–Trinajstić information content (AvgIpc) is 3.06. The first-order chi connectivity index (χ1) is 12.7. The maximum atomic E-state index is 12.6. The van der Waals surface area contributed by atoms with Crippen LogP contribution < -0.4 is 10.6 Å². The van der Waals surface area contributed by atoms with Crippen LogP contribution in [-0.4, -0.2) is 33.7 Å². The number of benzene rings is 1. The molecule has 2 N–H and O–H groups in total. The van der Waals surface area contributed by atoms with Gasteiger partial charge in [-0.1, -0.05) is 49.9 Å². The monoisotopic (exact) mass is 404 g/mol. The van der Waals surface area contributed by atoms with Crippen molar-refractivity contribution in [3.8, 4) is 0 Å². The number of ketones is 1. The normalized spacial score (nSPS) is 12.3. The van der Waals surface area contributed by atoms with E-state index in [0.29, 0.717) is 22.9 Å². The fraction of sp³-hybridized carbons (Fsp3) is 0.368. The molecule has 0 radical (unpaired) electrons. The van der Waals surface area contributed by atoms with Gasteiger partial charge in [-0.15, -0.1) is 16.8 Å². The Morgan fingerprint density at radius 1 is 1.26 bits per heavy atom. The van der Waals surface area contributed by atoms with Crippen LogP contribution in [0.25, 0.3) is 0 Å². The summed E-state index contributed by atoms with van der Waals surface area (Å²) in [5, 5.41) is 14.5. The van der Waals surface area contributed by atoms with Crippen molar-refractivity contribution in [3.63, 3.8) is 0 Å². The standard InChI is InChI=1S/C19H24N4O2S2/c1-6-11-20-17-22-23-18(27-17)26-12(2)15(24)13-7-9-14(10-8-13)21-16(25)19(3,4)5/h6-10,12H,1,11H2,2-5H3,(H,20,22)(H,21,25)/t12-/m0/s1. The number of thioether (sulfide) groups is 1. The van der Waals surface area contributed by atoms with E-state index in [1.807, 2.05) is 27.7 Å². The highest BCUT2D eigenvalue weighted by Gasteiger charge is 2.22. The predicted molar refractivity (Wildman–Crippen MR) is 113 cm³/mol. The molecule has 1 heterocycles. The molecule has 0 aliphatic rings. The van der Waals surface area contributed by atoms with Gasteiger partial charge in [-0.25, -0.2) is 0 Å². The molecule has 0 saturated heterocycles. The lowest BCUT2D eigenvalue weighted by molar-refractivity contribution is -0.123. The fourth-order valence-corrected chi connectivity index (χ4v) is 3.94. The molecule has 0 aliphatic carbocycles. The smallest absolute Gasteiger partial charge is 0.229 e. The zero-order valence-electron chi connectivity index (χ0n) is 15.9. The van der Waals surface area contributed by atoms with Crippen molar-refractivity contribution in [2.45, 2.75) is 37.3 Å². The number of rotatable bonds is 8. The van der Waals surface area contributed by atoms with Crippen LogP contribution >= 0.6 is 23.1 Å². The summed E-state index contributed by atoms with van der Waals surface area (Å²) in [6.45, 7) is 11.7. The van der Waals surface area contributed by atoms with Gasteiger partial charge in [0.1, 0.15) is 0 Å². The quantitative estimate of drug-likeness (QED) is 0.383. The highest BCUT2D eigenvalue weighted by molar-refractivity contribution is 8.02. The van der Waals surface area contributed by atoms with Gasteiger partial charge in [0.05, 0.1) is 5.25 Å². The van der Waals surface area contributed by atoms with E-state index in [9.17, 15) is 9.59 Å². The topological polar surface area (TPSA) is 84.0 Å². The fourth-order valence-electron chi connectivity index (χ4n) is 1.96. The first-order valence-corrected chi connectivity index (χ1v) is 10.2. The Labute approximate surface area is 167 Å². The number of nitrogens with zero attached hydrogens (tertiary/aromatic N) is 2. The Kier molecular flexibility index (Phi) is 7.15. The summed E-state index contributed by atoms with van der Waals surface area (Å²) in [5.74, 6) is -0.0628. The molecule has 8 heteroatoms. The third-order valence-corrected chi connectivity index (χ3v) is 5.62. The number of carbonyl (C=O) groups is 2. The third-order valence-electron chi connectivity index (χ3n) is 3.56. The number of Topliss-reactive ketones (excluding diaryl/α,β-unsaturated/α-hetero) is 1. The van der Waals surface area contributed by atoms with Crippen LogP contribution in [-0.2, 0) is 4.79 Å². The zero-order chi connectivity index (χ0) is 20.0. The molecule has 0 saturated carbocycles. The van der Waals surface area contributed by atoms with Gasteiger partial charge in [0.25, 0.3) is 0 Å². The summed E-state index contributed by atoms with van der Waals surface area (Å²) in [5.41, 5.74) is 0.799. The molecule has 1 aromatic heterocycles. The summed E-state index contributed by atoms with van der Waals surface area (Å²) < 4.78 is 0.733. The molecular formula is C19H24N4O2S2. The Morgan fingerprint density at radius 2 is 1.93 bits per heavy atom. The average molecular weight is 405 g/mol. The Hall–Kier alpha value is -2.19. The van der Waals surface area contributed by atoms with Crippen molar-refractivity contribution in [2.24, 2.45) is 5.41 Å². The molecule has 0 bridgehead atoms. The van der Waals surface area contributed by atoms with E-state index in [0.717, 1.165) is 4.34 Å². The first kappa shape index (κ1) is 21.1. The SMILES string of the molecule is C=CCNc1nnc(S[C@@H](C)C(=O)c2ccc(NC(=O)C(C)(C)C)cc2)s1. The third kappa shape index (κ3) is 6.18. The van der Waals surface area contributed by atoms with Crippen LogP contribution in [0.15, 0.2) is 41.3 Å². The van der Waals surface area contributed by atoms with Gasteiger partial charge >= 0.3 is 0 Å². The van der Waals surface area contributed by atoms with E-state index >= 15 is 0 Å². The molecule has 1 aromatic carbocycles. The second-order valence-corrected chi connectivity index (χ2v) is 9.51. The molecule has 0 unspecified atom stereocenters. The Balaban J connectivity index is 1.97. The minimum absolute atomic E-state index is 0.00417. The van der Waals surface area contributed by atoms with Crippen molar-refractivity contribution in [1.29, 1.82) is 0 Å². The number of anilines is 2. The van der Waals surface area contributed by atoms with Crippen LogP contribution in [0.1, 0.15) is 38.1 Å². The van der Waals surface area contributed by atoms with E-state index in [-0.39, 0.29) is 16.9 Å². The summed E-state index contributed by atoms with van der Waals surface area (Å²) >= 11 is 2.79. The summed E-state index contributed by atoms with van der Waals surface area (Å²) in [4.78, 5) is 24.7. The first-order valence-electron chi connectivity index (χ1n) is 8.51. The molecule has 1 amide bonds. The van der Waals surface area contributed by atoms with Crippen LogP contribution in [0.3, 0.4) is 0 Å². The van der Waals surface area contributed by atoms with Gasteiger partial charge in [-0.05, 0) is 31.2 Å².